The van der Waals surface area contributed by atoms with E-state index in [1.807, 2.05) is 4.90 Å². The van der Waals surface area contributed by atoms with Crippen molar-refractivity contribution in [1.29, 1.82) is 0 Å². The molecule has 2 aliphatic heterocycles. The van der Waals surface area contributed by atoms with Crippen LogP contribution >= 0.6 is 0 Å². The lowest BCUT2D eigenvalue weighted by Gasteiger charge is -2.26. The van der Waals surface area contributed by atoms with Crippen molar-refractivity contribution < 1.29 is 27.9 Å². The summed E-state index contributed by atoms with van der Waals surface area (Å²) in [6, 6.07) is 4.57. The maximum absolute atomic E-state index is 14.3. The molecule has 2 saturated heterocycles. The third-order valence-corrected chi connectivity index (χ3v) is 8.46. The Kier molecular flexibility index (Phi) is 11.5. The van der Waals surface area contributed by atoms with Gasteiger partial charge in [0.05, 0.1) is 25.2 Å². The van der Waals surface area contributed by atoms with Crippen molar-refractivity contribution in [3.63, 3.8) is 0 Å². The Labute approximate surface area is 243 Å². The van der Waals surface area contributed by atoms with Gasteiger partial charge in [-0.2, -0.15) is 0 Å². The van der Waals surface area contributed by atoms with Crippen molar-refractivity contribution >= 4 is 18.0 Å². The molecule has 2 aromatic rings. The zero-order valence-electron chi connectivity index (χ0n) is 24.8. The fraction of sp³-hybridized carbons (Fsp3) is 0.606. The van der Waals surface area contributed by atoms with Crippen LogP contribution in [0.25, 0.3) is 6.08 Å². The molecule has 4 atom stereocenters. The van der Waals surface area contributed by atoms with Crippen molar-refractivity contribution in [1.82, 2.24) is 9.88 Å². The van der Waals surface area contributed by atoms with Crippen LogP contribution in [0.1, 0.15) is 111 Å². The Hall–Kier alpha value is -3.00. The highest BCUT2D eigenvalue weighted by Gasteiger charge is 2.51. The van der Waals surface area contributed by atoms with E-state index in [1.165, 1.54) is 57.3 Å². The number of hydrogen-bond donors (Lipinski definition) is 0. The fourth-order valence-electron chi connectivity index (χ4n) is 6.22. The number of rotatable bonds is 16. The van der Waals surface area contributed by atoms with Crippen LogP contribution in [0, 0.1) is 11.7 Å². The molecule has 2 bridgehead atoms. The summed E-state index contributed by atoms with van der Waals surface area (Å²) in [6.45, 7) is 5.79. The molecule has 2 unspecified atom stereocenters. The van der Waals surface area contributed by atoms with Gasteiger partial charge < -0.3 is 18.8 Å². The van der Waals surface area contributed by atoms with E-state index in [0.29, 0.717) is 24.6 Å². The van der Waals surface area contributed by atoms with Gasteiger partial charge >= 0.3 is 5.97 Å². The number of unbranched alkanes of at least 4 members (excludes halogenated alkanes) is 6. The summed E-state index contributed by atoms with van der Waals surface area (Å²) < 4.78 is 31.3. The molecule has 0 spiro atoms. The first-order valence-electron chi connectivity index (χ1n) is 15.4. The Balaban J connectivity index is 1.48. The highest BCUT2D eigenvalue weighted by molar-refractivity contribution is 5.92. The number of benzene rings is 1. The van der Waals surface area contributed by atoms with Crippen molar-refractivity contribution in [2.45, 2.75) is 103 Å². The van der Waals surface area contributed by atoms with Crippen LogP contribution in [0.3, 0.4) is 0 Å². The van der Waals surface area contributed by atoms with Gasteiger partial charge in [-0.15, -0.1) is 0 Å². The van der Waals surface area contributed by atoms with Crippen molar-refractivity contribution in [2.24, 2.45) is 5.92 Å². The zero-order valence-corrected chi connectivity index (χ0v) is 24.8. The minimum absolute atomic E-state index is 0.00511. The Morgan fingerprint density at radius 2 is 1.78 bits per heavy atom. The van der Waals surface area contributed by atoms with Crippen LogP contribution in [0.15, 0.2) is 35.0 Å². The zero-order chi connectivity index (χ0) is 29.2. The number of aromatic nitrogens is 1. The van der Waals surface area contributed by atoms with Crippen LogP contribution in [0.2, 0.25) is 0 Å². The number of esters is 1. The van der Waals surface area contributed by atoms with Crippen molar-refractivity contribution in [3.05, 3.63) is 59.1 Å². The molecule has 0 aliphatic carbocycles. The SMILES string of the molecule is CCCCCCCCN(CCCC)C(=O)c1coc(C2C3CC[C@@H](O3)[C@@H]2Cc2cc(F)ccc2/C=C/C(=O)OC)n1. The van der Waals surface area contributed by atoms with Crippen molar-refractivity contribution in [2.75, 3.05) is 20.2 Å². The van der Waals surface area contributed by atoms with Gasteiger partial charge in [-0.3, -0.25) is 4.79 Å². The fourth-order valence-corrected chi connectivity index (χ4v) is 6.22. The number of nitrogens with zero attached hydrogens (tertiary/aromatic N) is 2. The average Bonchev–Trinajstić information content (AvgIpc) is 3.73. The second kappa shape index (κ2) is 15.3. The maximum Gasteiger partial charge on any atom is 0.330 e. The van der Waals surface area contributed by atoms with Crippen molar-refractivity contribution in [3.8, 4) is 0 Å². The number of carbonyl (C=O) groups excluding carboxylic acids is 2. The lowest BCUT2D eigenvalue weighted by Crippen LogP contribution is -2.33. The summed E-state index contributed by atoms with van der Waals surface area (Å²) >= 11 is 0. The monoisotopic (exact) mass is 568 g/mol. The molecule has 2 aliphatic rings. The van der Waals surface area contributed by atoms with Crippen LogP contribution in [-0.2, 0) is 20.7 Å². The topological polar surface area (TPSA) is 81.9 Å². The predicted octanol–water partition coefficient (Wildman–Crippen LogP) is 7.11. The van der Waals surface area contributed by atoms with Gasteiger partial charge in [-0.05, 0) is 61.4 Å². The molecule has 7 nitrogen and oxygen atoms in total. The Bertz CT molecular complexity index is 1180. The van der Waals surface area contributed by atoms with Gasteiger partial charge in [0.15, 0.2) is 5.69 Å². The Morgan fingerprint density at radius 3 is 2.56 bits per heavy atom. The molecule has 0 saturated carbocycles. The minimum Gasteiger partial charge on any atom is -0.466 e. The first kappa shape index (κ1) is 30.9. The third-order valence-electron chi connectivity index (χ3n) is 8.46. The van der Waals surface area contributed by atoms with E-state index in [0.717, 1.165) is 56.2 Å². The van der Waals surface area contributed by atoms with Crippen LogP contribution in [-0.4, -0.2) is 54.2 Å². The van der Waals surface area contributed by atoms with E-state index < -0.39 is 5.97 Å². The molecule has 4 rings (SSSR count). The molecule has 224 valence electrons. The summed E-state index contributed by atoms with van der Waals surface area (Å²) in [5, 5.41) is 0. The maximum atomic E-state index is 14.3. The lowest BCUT2D eigenvalue weighted by molar-refractivity contribution is -0.134. The van der Waals surface area contributed by atoms with E-state index in [2.05, 4.69) is 13.8 Å². The largest absolute Gasteiger partial charge is 0.466 e. The highest BCUT2D eigenvalue weighted by Crippen LogP contribution is 2.50. The second-order valence-corrected chi connectivity index (χ2v) is 11.4. The predicted molar refractivity (Wildman–Crippen MR) is 156 cm³/mol. The number of fused-ring (bicyclic) bond motifs is 2. The van der Waals surface area contributed by atoms with E-state index in [4.69, 9.17) is 18.9 Å². The summed E-state index contributed by atoms with van der Waals surface area (Å²) in [4.78, 5) is 31.8. The molecular formula is C33H45FN2O5. The number of amides is 1. The molecular weight excluding hydrogens is 523 g/mol. The molecule has 2 fully saturated rings. The number of methoxy groups -OCH3 is 1. The van der Waals surface area contributed by atoms with Gasteiger partial charge in [0.2, 0.25) is 5.89 Å². The minimum atomic E-state index is -0.470. The summed E-state index contributed by atoms with van der Waals surface area (Å²) in [6.07, 6.45) is 15.8. The summed E-state index contributed by atoms with van der Waals surface area (Å²) in [5.41, 5.74) is 1.88. The van der Waals surface area contributed by atoms with Crippen LogP contribution in [0.5, 0.6) is 0 Å². The normalized spacial score (nSPS) is 21.6. The van der Waals surface area contributed by atoms with Gasteiger partial charge in [0.25, 0.3) is 5.91 Å². The molecule has 0 N–H and O–H groups in total. The molecule has 1 amide bonds. The van der Waals surface area contributed by atoms with E-state index in [1.54, 1.807) is 12.1 Å². The van der Waals surface area contributed by atoms with Crippen LogP contribution < -0.4 is 0 Å². The Morgan fingerprint density at radius 1 is 1.05 bits per heavy atom. The van der Waals surface area contributed by atoms with Gasteiger partial charge in [0, 0.05) is 25.1 Å². The first-order chi connectivity index (χ1) is 19.9. The van der Waals surface area contributed by atoms with E-state index >= 15 is 0 Å². The number of halogens is 1. The number of hydrogen-bond acceptors (Lipinski definition) is 6. The molecule has 0 radical (unpaired) electrons. The standard InChI is InChI=1S/C33H45FN2O5/c1-4-6-8-9-10-11-19-36(18-7-5-2)33(38)27-22-40-32(35-27)31-26(28-15-16-29(31)41-28)21-24-20-25(34)14-12-23(24)13-17-30(37)39-3/h12-14,17,20,22,26,28-29,31H,4-11,15-16,18-19,21H2,1-3H3/b17-13+/t26-,28+,29?,31?/m0/s1. The molecule has 3 heterocycles. The third kappa shape index (κ3) is 8.06. The van der Waals surface area contributed by atoms with Gasteiger partial charge in [-0.1, -0.05) is 58.4 Å². The average molecular weight is 569 g/mol. The molecule has 8 heteroatoms. The van der Waals surface area contributed by atoms with Gasteiger partial charge in [0.1, 0.15) is 12.1 Å². The van der Waals surface area contributed by atoms with Gasteiger partial charge in [-0.25, -0.2) is 14.2 Å². The lowest BCUT2D eigenvalue weighted by atomic mass is 9.75. The number of oxazole rings is 1. The highest BCUT2D eigenvalue weighted by atomic mass is 19.1. The van der Waals surface area contributed by atoms with E-state index in [9.17, 15) is 14.0 Å². The number of ether oxygens (including phenoxy) is 2. The summed E-state index contributed by atoms with van der Waals surface area (Å²) in [5.74, 6) is -0.479. The first-order valence-corrected chi connectivity index (χ1v) is 15.4. The summed E-state index contributed by atoms with van der Waals surface area (Å²) in [7, 11) is 1.32. The smallest absolute Gasteiger partial charge is 0.330 e. The second-order valence-electron chi connectivity index (χ2n) is 11.4. The van der Waals surface area contributed by atoms with E-state index in [-0.39, 0.29) is 35.8 Å². The molecule has 41 heavy (non-hydrogen) atoms. The molecule has 1 aromatic heterocycles. The number of carbonyl (C=O) groups is 2. The quantitative estimate of drug-likeness (QED) is 0.122. The van der Waals surface area contributed by atoms with Crippen LogP contribution in [0.4, 0.5) is 4.39 Å². The molecule has 1 aromatic carbocycles.